The van der Waals surface area contributed by atoms with Crippen LogP contribution in [0.25, 0.3) is 0 Å². The van der Waals surface area contributed by atoms with Crippen molar-refractivity contribution in [2.75, 3.05) is 0 Å². The summed E-state index contributed by atoms with van der Waals surface area (Å²) in [6.07, 6.45) is -1.15. The molecule has 0 aliphatic heterocycles. The number of carbonyl (C=O) groups is 9. The van der Waals surface area contributed by atoms with Gasteiger partial charge in [-0.3, -0.25) is 43.2 Å². The molecule has 168 valence electrons. The Morgan fingerprint density at radius 3 is 0.968 bits per heavy atom. The SMILES string of the molecule is CC(=O)C1(C(C)=O)CC(=O)C(C(C)=O)(C(C)=O)C(C(C)=O)(C(C)=O)C1(C(C)=O)C(C)=O. The van der Waals surface area contributed by atoms with E-state index in [0.29, 0.717) is 0 Å². The van der Waals surface area contributed by atoms with E-state index in [2.05, 4.69) is 0 Å². The molecule has 1 saturated carbocycles. The fourth-order valence-corrected chi connectivity index (χ4v) is 6.19. The topological polar surface area (TPSA) is 154 Å². The molecule has 1 aliphatic carbocycles. The summed E-state index contributed by atoms with van der Waals surface area (Å²) >= 11 is 0. The van der Waals surface area contributed by atoms with Crippen molar-refractivity contribution >= 4 is 52.0 Å². The average Bonchev–Trinajstić information content (AvgIpc) is 2.57. The molecule has 0 amide bonds. The highest BCUT2D eigenvalue weighted by Crippen LogP contribution is 2.68. The van der Waals surface area contributed by atoms with Gasteiger partial charge in [0.25, 0.3) is 0 Å². The van der Waals surface area contributed by atoms with Gasteiger partial charge in [-0.1, -0.05) is 0 Å². The van der Waals surface area contributed by atoms with E-state index < -0.39 is 80.1 Å². The number of hydrogen-bond acceptors (Lipinski definition) is 9. The van der Waals surface area contributed by atoms with Crippen molar-refractivity contribution in [1.29, 1.82) is 0 Å². The molecule has 0 aromatic carbocycles. The van der Waals surface area contributed by atoms with Gasteiger partial charge in [-0.15, -0.1) is 0 Å². The second-order valence-corrected chi connectivity index (χ2v) is 8.20. The smallest absolute Gasteiger partial charge is 0.165 e. The zero-order valence-electron chi connectivity index (χ0n) is 18.9. The monoisotopic (exact) mass is 434 g/mol. The molecule has 0 unspecified atom stereocenters. The third-order valence-electron chi connectivity index (χ3n) is 6.98. The Labute approximate surface area is 179 Å². The van der Waals surface area contributed by atoms with Crippen LogP contribution in [0.4, 0.5) is 0 Å². The molecule has 0 aromatic heterocycles. The molecule has 0 saturated heterocycles. The Morgan fingerprint density at radius 1 is 0.484 bits per heavy atom. The van der Waals surface area contributed by atoms with Crippen LogP contribution in [0.15, 0.2) is 0 Å². The van der Waals surface area contributed by atoms with Crippen LogP contribution in [0, 0.1) is 21.7 Å². The third-order valence-corrected chi connectivity index (χ3v) is 6.98. The summed E-state index contributed by atoms with van der Waals surface area (Å²) in [6.45, 7) is 6.40. The van der Waals surface area contributed by atoms with E-state index >= 15 is 0 Å². The van der Waals surface area contributed by atoms with Crippen LogP contribution in [-0.2, 0) is 43.2 Å². The van der Waals surface area contributed by atoms with Gasteiger partial charge in [-0.2, -0.15) is 0 Å². The van der Waals surface area contributed by atoms with E-state index in [1.54, 1.807) is 0 Å². The number of hydrogen-bond donors (Lipinski definition) is 0. The second-order valence-electron chi connectivity index (χ2n) is 8.20. The van der Waals surface area contributed by atoms with Gasteiger partial charge in [0.1, 0.15) is 50.9 Å². The lowest BCUT2D eigenvalue weighted by Crippen LogP contribution is -2.82. The third kappa shape index (κ3) is 2.46. The minimum atomic E-state index is -3.21. The first-order valence-corrected chi connectivity index (χ1v) is 9.54. The molecule has 0 N–H and O–H groups in total. The molecule has 0 bridgehead atoms. The largest absolute Gasteiger partial charge is 0.299 e. The van der Waals surface area contributed by atoms with Gasteiger partial charge >= 0.3 is 0 Å². The molecule has 1 aliphatic rings. The molecule has 0 aromatic rings. The van der Waals surface area contributed by atoms with Gasteiger partial charge in [0.05, 0.1) is 0 Å². The van der Waals surface area contributed by atoms with Crippen LogP contribution >= 0.6 is 0 Å². The highest BCUT2D eigenvalue weighted by Gasteiger charge is 2.87. The first-order chi connectivity index (χ1) is 13.9. The summed E-state index contributed by atoms with van der Waals surface area (Å²) < 4.78 is 0. The number of rotatable bonds is 8. The maximum Gasteiger partial charge on any atom is 0.165 e. The fourth-order valence-electron chi connectivity index (χ4n) is 6.19. The van der Waals surface area contributed by atoms with E-state index in [0.717, 1.165) is 55.4 Å². The Kier molecular flexibility index (Phi) is 6.41. The van der Waals surface area contributed by atoms with Gasteiger partial charge < -0.3 is 0 Å². The molecule has 1 rings (SSSR count). The van der Waals surface area contributed by atoms with Crippen LogP contribution in [0.3, 0.4) is 0 Å². The number of carbonyl (C=O) groups excluding carboxylic acids is 9. The van der Waals surface area contributed by atoms with Gasteiger partial charge in [0.15, 0.2) is 22.8 Å². The molecule has 0 radical (unpaired) electrons. The number of ketones is 9. The first kappa shape index (κ1) is 26.1. The molecule has 0 heterocycles. The minimum Gasteiger partial charge on any atom is -0.299 e. The van der Waals surface area contributed by atoms with Crippen LogP contribution in [-0.4, -0.2) is 52.0 Å². The van der Waals surface area contributed by atoms with Gasteiger partial charge in [-0.05, 0) is 55.4 Å². The molecule has 31 heavy (non-hydrogen) atoms. The van der Waals surface area contributed by atoms with Gasteiger partial charge in [0, 0.05) is 6.42 Å². The summed E-state index contributed by atoms with van der Waals surface area (Å²) in [4.78, 5) is 118. The van der Waals surface area contributed by atoms with E-state index in [1.807, 2.05) is 0 Å². The summed E-state index contributed by atoms with van der Waals surface area (Å²) in [5.41, 5.74) is -12.1. The van der Waals surface area contributed by atoms with E-state index in [1.165, 1.54) is 0 Å². The van der Waals surface area contributed by atoms with E-state index in [-0.39, 0.29) is 0 Å². The van der Waals surface area contributed by atoms with Crippen LogP contribution in [0.1, 0.15) is 61.8 Å². The molecule has 9 nitrogen and oxygen atoms in total. The predicted octanol–water partition coefficient (Wildman–Crippen LogP) is 0.617. The molecular formula is C22H26O9. The summed E-state index contributed by atoms with van der Waals surface area (Å²) in [7, 11) is 0. The fraction of sp³-hybridized carbons (Fsp3) is 0.591. The highest BCUT2D eigenvalue weighted by atomic mass is 16.2. The standard InChI is InChI=1S/C22H26O9/c1-10(23)19(11(2)24)9-18(31)20(12(3)25,13(4)26)22(16(7)29,17(8)30)21(19,14(5)27)15(6)28/h9H2,1-8H3. The maximum absolute atomic E-state index is 13.5. The van der Waals surface area contributed by atoms with Crippen molar-refractivity contribution in [3.8, 4) is 0 Å². The lowest BCUT2D eigenvalue weighted by atomic mass is 9.31. The van der Waals surface area contributed by atoms with E-state index in [4.69, 9.17) is 0 Å². The van der Waals surface area contributed by atoms with Crippen molar-refractivity contribution in [2.45, 2.75) is 61.8 Å². The molecule has 0 spiro atoms. The van der Waals surface area contributed by atoms with Crippen molar-refractivity contribution in [1.82, 2.24) is 0 Å². The Balaban J connectivity index is 4.89. The minimum absolute atomic E-state index is 0.756. The zero-order chi connectivity index (χ0) is 24.9. The average molecular weight is 434 g/mol. The molecular weight excluding hydrogens is 408 g/mol. The van der Waals surface area contributed by atoms with Crippen molar-refractivity contribution in [3.05, 3.63) is 0 Å². The normalized spacial score (nSPS) is 20.3. The Bertz CT molecular complexity index is 923. The zero-order valence-corrected chi connectivity index (χ0v) is 18.9. The van der Waals surface area contributed by atoms with Gasteiger partial charge in [-0.25, -0.2) is 0 Å². The summed E-state index contributed by atoms with van der Waals surface area (Å²) in [5.74, 6) is -11.1. The quantitative estimate of drug-likeness (QED) is 0.500. The van der Waals surface area contributed by atoms with Gasteiger partial charge in [0.2, 0.25) is 0 Å². The number of Topliss-reactive ketones (excluding diaryl/α,β-unsaturated/α-hetero) is 9. The van der Waals surface area contributed by atoms with E-state index in [9.17, 15) is 43.2 Å². The summed E-state index contributed by atoms with van der Waals surface area (Å²) in [6, 6.07) is 0. The Hall–Kier alpha value is -2.97. The van der Waals surface area contributed by atoms with Crippen LogP contribution < -0.4 is 0 Å². The lowest BCUT2D eigenvalue weighted by molar-refractivity contribution is -0.205. The highest BCUT2D eigenvalue weighted by molar-refractivity contribution is 6.39. The van der Waals surface area contributed by atoms with Crippen LogP contribution in [0.5, 0.6) is 0 Å². The van der Waals surface area contributed by atoms with Crippen molar-refractivity contribution in [2.24, 2.45) is 21.7 Å². The molecule has 9 heteroatoms. The predicted molar refractivity (Wildman–Crippen MR) is 105 cm³/mol. The summed E-state index contributed by atoms with van der Waals surface area (Å²) in [5, 5.41) is 0. The Morgan fingerprint density at radius 2 is 0.774 bits per heavy atom. The first-order valence-electron chi connectivity index (χ1n) is 9.54. The van der Waals surface area contributed by atoms with Crippen LogP contribution in [0.2, 0.25) is 0 Å². The second kappa shape index (κ2) is 7.62. The maximum atomic E-state index is 13.5. The lowest BCUT2D eigenvalue weighted by Gasteiger charge is -2.62. The molecule has 0 atom stereocenters. The van der Waals surface area contributed by atoms with Crippen molar-refractivity contribution < 1.29 is 43.2 Å². The molecule has 1 fully saturated rings. The van der Waals surface area contributed by atoms with Crippen molar-refractivity contribution in [3.63, 3.8) is 0 Å².